The molecule has 0 bridgehead atoms. The number of para-hydroxylation sites is 1. The summed E-state index contributed by atoms with van der Waals surface area (Å²) in [4.78, 5) is 3.81. The lowest BCUT2D eigenvalue weighted by molar-refractivity contribution is -0.177. The zero-order chi connectivity index (χ0) is 19.9. The van der Waals surface area contributed by atoms with Gasteiger partial charge in [0, 0.05) is 24.0 Å². The third-order valence-electron chi connectivity index (χ3n) is 3.44. The first kappa shape index (κ1) is 21.5. The van der Waals surface area contributed by atoms with Crippen LogP contribution in [0.2, 0.25) is 5.15 Å². The monoisotopic (exact) mass is 413 g/mol. The second-order valence-corrected chi connectivity index (χ2v) is 6.94. The van der Waals surface area contributed by atoms with Gasteiger partial charge in [0.05, 0.1) is 6.61 Å². The molecule has 1 atom stereocenters. The molecule has 0 aliphatic heterocycles. The molecule has 0 aliphatic carbocycles. The van der Waals surface area contributed by atoms with Crippen molar-refractivity contribution >= 4 is 29.1 Å². The van der Waals surface area contributed by atoms with E-state index in [1.807, 2.05) is 18.2 Å². The summed E-state index contributed by atoms with van der Waals surface area (Å²) < 4.78 is 30.3. The van der Waals surface area contributed by atoms with Gasteiger partial charge in [-0.2, -0.15) is 0 Å². The molecule has 0 radical (unpaired) electrons. The van der Waals surface area contributed by atoms with Gasteiger partial charge >= 0.3 is 5.24 Å². The summed E-state index contributed by atoms with van der Waals surface area (Å²) in [5.41, 5.74) is 0.471. The van der Waals surface area contributed by atoms with Gasteiger partial charge in [0.25, 0.3) is 0 Å². The lowest BCUT2D eigenvalue weighted by Gasteiger charge is -2.21. The second-order valence-electron chi connectivity index (χ2n) is 6.25. The van der Waals surface area contributed by atoms with E-state index in [2.05, 4.69) is 4.98 Å². The minimum Gasteiger partial charge on any atom is -0.448 e. The number of ether oxygens (including phenoxy) is 3. The van der Waals surface area contributed by atoms with Crippen LogP contribution < -0.4 is 4.74 Å². The van der Waals surface area contributed by atoms with E-state index in [0.29, 0.717) is 30.8 Å². The number of hydrogen-bond donors (Lipinski definition) is 1. The summed E-state index contributed by atoms with van der Waals surface area (Å²) >= 11 is 10.8. The molecule has 0 spiro atoms. The van der Waals surface area contributed by atoms with Gasteiger partial charge in [-0.3, -0.25) is 0 Å². The van der Waals surface area contributed by atoms with Crippen molar-refractivity contribution in [3.8, 4) is 5.75 Å². The largest absolute Gasteiger partial charge is 0.448 e. The predicted octanol–water partition coefficient (Wildman–Crippen LogP) is 4.82. The van der Waals surface area contributed by atoms with E-state index in [-0.39, 0.29) is 10.4 Å². The summed E-state index contributed by atoms with van der Waals surface area (Å²) in [6, 6.07) is 10.2. The van der Waals surface area contributed by atoms with Crippen LogP contribution in [-0.4, -0.2) is 27.7 Å². The number of thiocarbonyl (C=S) groups is 1. The molecule has 0 saturated carbocycles. The maximum Gasteiger partial charge on any atom is 0.358 e. The van der Waals surface area contributed by atoms with E-state index in [9.17, 15) is 9.50 Å². The van der Waals surface area contributed by atoms with Gasteiger partial charge in [-0.15, -0.1) is 0 Å². The fourth-order valence-electron chi connectivity index (χ4n) is 2.22. The molecule has 0 amide bonds. The highest BCUT2D eigenvalue weighted by Gasteiger charge is 2.19. The summed E-state index contributed by atoms with van der Waals surface area (Å²) in [6.07, 6.45) is 1.80. The van der Waals surface area contributed by atoms with Gasteiger partial charge < -0.3 is 19.3 Å². The SMILES string of the molecule is CC(C)(O)OCCCC(OC(=S)Oc1ccccc1)c1cnc(Cl)c(F)c1. The fraction of sp³-hybridized carbons (Fsp3) is 0.368. The highest BCUT2D eigenvalue weighted by molar-refractivity contribution is 7.79. The summed E-state index contributed by atoms with van der Waals surface area (Å²) in [7, 11) is 0. The Morgan fingerprint density at radius 1 is 1.33 bits per heavy atom. The zero-order valence-corrected chi connectivity index (χ0v) is 16.6. The standard InChI is InChI=1S/C19H21ClFNO4S/c1-19(2,23)24-10-6-9-16(13-11-15(21)17(20)22-12-13)26-18(27)25-14-7-4-3-5-8-14/h3-5,7-8,11-12,16,23H,6,9-10H2,1-2H3. The van der Waals surface area contributed by atoms with Crippen molar-refractivity contribution in [1.82, 2.24) is 4.98 Å². The van der Waals surface area contributed by atoms with Gasteiger partial charge in [-0.25, -0.2) is 9.37 Å². The minimum atomic E-state index is -1.23. The number of nitrogens with zero attached hydrogens (tertiary/aromatic N) is 1. The normalized spacial score (nSPS) is 12.5. The van der Waals surface area contributed by atoms with Crippen molar-refractivity contribution in [3.05, 3.63) is 59.1 Å². The Bertz CT molecular complexity index is 755. The van der Waals surface area contributed by atoms with E-state index in [4.69, 9.17) is 38.0 Å². The van der Waals surface area contributed by atoms with Gasteiger partial charge in [0.2, 0.25) is 0 Å². The number of hydrogen-bond acceptors (Lipinski definition) is 6. The van der Waals surface area contributed by atoms with E-state index < -0.39 is 17.7 Å². The van der Waals surface area contributed by atoms with Crippen molar-refractivity contribution < 1.29 is 23.7 Å². The Balaban J connectivity index is 2.04. The fourth-order valence-corrected chi connectivity index (χ4v) is 2.54. The number of aromatic nitrogens is 1. The molecule has 1 aromatic heterocycles. The quantitative estimate of drug-likeness (QED) is 0.290. The molecule has 0 saturated heterocycles. The van der Waals surface area contributed by atoms with Crippen LogP contribution in [0.1, 0.15) is 38.4 Å². The highest BCUT2D eigenvalue weighted by atomic mass is 35.5. The van der Waals surface area contributed by atoms with Crippen molar-refractivity contribution in [3.63, 3.8) is 0 Å². The lowest BCUT2D eigenvalue weighted by atomic mass is 10.1. The first-order valence-corrected chi connectivity index (χ1v) is 9.14. The highest BCUT2D eigenvalue weighted by Crippen LogP contribution is 2.26. The van der Waals surface area contributed by atoms with E-state index in [1.54, 1.807) is 26.0 Å². The van der Waals surface area contributed by atoms with Crippen LogP contribution in [0.4, 0.5) is 4.39 Å². The number of aliphatic hydroxyl groups is 1. The molecular weight excluding hydrogens is 393 g/mol. The molecule has 2 rings (SSSR count). The van der Waals surface area contributed by atoms with Crippen LogP contribution in [-0.2, 0) is 9.47 Å². The van der Waals surface area contributed by atoms with Gasteiger partial charge in [0.15, 0.2) is 16.8 Å². The third-order valence-corrected chi connectivity index (χ3v) is 3.90. The molecule has 146 valence electrons. The Morgan fingerprint density at radius 2 is 2.04 bits per heavy atom. The Labute approximate surface area is 168 Å². The van der Waals surface area contributed by atoms with Crippen LogP contribution in [0.25, 0.3) is 0 Å². The number of pyridine rings is 1. The topological polar surface area (TPSA) is 60.8 Å². The smallest absolute Gasteiger partial charge is 0.358 e. The molecule has 5 nitrogen and oxygen atoms in total. The molecule has 1 aromatic carbocycles. The molecule has 0 fully saturated rings. The lowest BCUT2D eigenvalue weighted by Crippen LogP contribution is -2.24. The molecule has 1 N–H and O–H groups in total. The van der Waals surface area contributed by atoms with Crippen LogP contribution in [0.15, 0.2) is 42.6 Å². The maximum atomic E-state index is 13.8. The molecule has 1 unspecified atom stereocenters. The number of benzene rings is 1. The first-order chi connectivity index (χ1) is 12.7. The zero-order valence-electron chi connectivity index (χ0n) is 15.0. The number of rotatable bonds is 8. The van der Waals surface area contributed by atoms with Crippen LogP contribution in [0, 0.1) is 5.82 Å². The Kier molecular flexibility index (Phi) is 7.91. The van der Waals surface area contributed by atoms with Crippen molar-refractivity contribution in [2.24, 2.45) is 0 Å². The van der Waals surface area contributed by atoms with Gasteiger partial charge in [0.1, 0.15) is 11.9 Å². The predicted molar refractivity (Wildman–Crippen MR) is 104 cm³/mol. The molecule has 1 heterocycles. The van der Waals surface area contributed by atoms with Crippen LogP contribution in [0.3, 0.4) is 0 Å². The van der Waals surface area contributed by atoms with E-state index in [1.165, 1.54) is 12.3 Å². The Morgan fingerprint density at radius 3 is 2.67 bits per heavy atom. The van der Waals surface area contributed by atoms with E-state index in [0.717, 1.165) is 0 Å². The average molecular weight is 414 g/mol. The summed E-state index contributed by atoms with van der Waals surface area (Å²) in [5, 5.41) is 9.30. The first-order valence-electron chi connectivity index (χ1n) is 8.35. The third kappa shape index (κ3) is 7.76. The Hall–Kier alpha value is -1.80. The van der Waals surface area contributed by atoms with Crippen LogP contribution >= 0.6 is 23.8 Å². The van der Waals surface area contributed by atoms with Crippen molar-refractivity contribution in [2.75, 3.05) is 6.61 Å². The molecule has 27 heavy (non-hydrogen) atoms. The van der Waals surface area contributed by atoms with Crippen molar-refractivity contribution in [2.45, 2.75) is 38.6 Å². The maximum absolute atomic E-state index is 13.8. The van der Waals surface area contributed by atoms with Crippen LogP contribution in [0.5, 0.6) is 5.75 Å². The molecule has 2 aromatic rings. The number of halogens is 2. The van der Waals surface area contributed by atoms with Gasteiger partial charge in [-0.05, 0) is 44.9 Å². The van der Waals surface area contributed by atoms with Crippen molar-refractivity contribution in [1.29, 1.82) is 0 Å². The second kappa shape index (κ2) is 9.94. The average Bonchev–Trinajstić information content (AvgIpc) is 2.60. The molecule has 8 heteroatoms. The molecular formula is C19H21ClFNO4S. The van der Waals surface area contributed by atoms with E-state index >= 15 is 0 Å². The summed E-state index contributed by atoms with van der Waals surface area (Å²) in [5.74, 6) is -1.34. The molecule has 0 aliphatic rings. The van der Waals surface area contributed by atoms with Gasteiger partial charge in [-0.1, -0.05) is 29.8 Å². The summed E-state index contributed by atoms with van der Waals surface area (Å²) in [6.45, 7) is 3.38. The minimum absolute atomic E-state index is 0.0926.